The summed E-state index contributed by atoms with van der Waals surface area (Å²) in [5.74, 6) is 0.0918. The van der Waals surface area contributed by atoms with Gasteiger partial charge in [-0.25, -0.2) is 4.79 Å². The third-order valence-corrected chi connectivity index (χ3v) is 5.71. The summed E-state index contributed by atoms with van der Waals surface area (Å²) in [6, 6.07) is 3.29. The lowest BCUT2D eigenvalue weighted by molar-refractivity contribution is -0.125. The van der Waals surface area contributed by atoms with E-state index in [1.165, 1.54) is 13.3 Å². The van der Waals surface area contributed by atoms with Crippen molar-refractivity contribution < 1.29 is 19.1 Å². The third kappa shape index (κ3) is 4.64. The fourth-order valence-electron chi connectivity index (χ4n) is 2.87. The SMILES string of the molecule is CC(=O)c1ccc(C(=O)OCC(=O)NC2CCCC(C)C2C)s1. The summed E-state index contributed by atoms with van der Waals surface area (Å²) in [7, 11) is 0. The molecule has 0 saturated heterocycles. The standard InChI is InChI=1S/C17H23NO4S/c1-10-5-4-6-13(11(10)2)18-16(20)9-22-17(21)15-8-7-14(23-15)12(3)19/h7-8,10-11,13H,4-6,9H2,1-3H3,(H,18,20). The van der Waals surface area contributed by atoms with Crippen LogP contribution in [0.3, 0.4) is 0 Å². The zero-order valence-corrected chi connectivity index (χ0v) is 14.6. The summed E-state index contributed by atoms with van der Waals surface area (Å²) < 4.78 is 5.03. The molecule has 1 amide bonds. The van der Waals surface area contributed by atoms with E-state index >= 15 is 0 Å². The average Bonchev–Trinajstić information content (AvgIpc) is 3.00. The number of nitrogens with one attached hydrogen (secondary N) is 1. The average molecular weight is 337 g/mol. The predicted molar refractivity (Wildman–Crippen MR) is 88.7 cm³/mol. The minimum absolute atomic E-state index is 0.0906. The molecule has 1 heterocycles. The fraction of sp³-hybridized carbons (Fsp3) is 0.588. The maximum absolute atomic E-state index is 12.0. The van der Waals surface area contributed by atoms with Crippen molar-refractivity contribution in [3.05, 3.63) is 21.9 Å². The van der Waals surface area contributed by atoms with Gasteiger partial charge in [0.1, 0.15) is 4.88 Å². The first kappa shape index (κ1) is 17.7. The third-order valence-electron chi connectivity index (χ3n) is 4.54. The Kier molecular flexibility index (Phi) is 5.93. The summed E-state index contributed by atoms with van der Waals surface area (Å²) in [6.45, 7) is 5.51. The second-order valence-electron chi connectivity index (χ2n) is 6.24. The number of ether oxygens (including phenoxy) is 1. The van der Waals surface area contributed by atoms with Crippen LogP contribution >= 0.6 is 11.3 Å². The normalized spacial score (nSPS) is 24.0. The van der Waals surface area contributed by atoms with Gasteiger partial charge in [0, 0.05) is 6.04 Å². The molecule has 1 saturated carbocycles. The Bertz CT molecular complexity index is 595. The van der Waals surface area contributed by atoms with Crippen LogP contribution in [0.1, 0.15) is 59.4 Å². The van der Waals surface area contributed by atoms with Gasteiger partial charge in [0.15, 0.2) is 12.4 Å². The molecule has 23 heavy (non-hydrogen) atoms. The highest BCUT2D eigenvalue weighted by Gasteiger charge is 2.28. The van der Waals surface area contributed by atoms with E-state index in [4.69, 9.17) is 4.74 Å². The van der Waals surface area contributed by atoms with Crippen LogP contribution in [-0.4, -0.2) is 30.3 Å². The number of amides is 1. The molecule has 5 nitrogen and oxygen atoms in total. The van der Waals surface area contributed by atoms with Gasteiger partial charge in [-0.3, -0.25) is 9.59 Å². The maximum Gasteiger partial charge on any atom is 0.348 e. The van der Waals surface area contributed by atoms with E-state index in [0.717, 1.165) is 24.2 Å². The molecule has 3 atom stereocenters. The summed E-state index contributed by atoms with van der Waals surface area (Å²) in [6.07, 6.45) is 3.27. The van der Waals surface area contributed by atoms with E-state index in [-0.39, 0.29) is 24.3 Å². The van der Waals surface area contributed by atoms with Crippen LogP contribution in [0.5, 0.6) is 0 Å². The number of hydrogen-bond acceptors (Lipinski definition) is 5. The molecule has 126 valence electrons. The maximum atomic E-state index is 12.0. The molecule has 1 aromatic heterocycles. The quantitative estimate of drug-likeness (QED) is 0.662. The van der Waals surface area contributed by atoms with Gasteiger partial charge in [-0.2, -0.15) is 0 Å². The van der Waals surface area contributed by atoms with Crippen LogP contribution < -0.4 is 5.32 Å². The van der Waals surface area contributed by atoms with E-state index in [1.54, 1.807) is 12.1 Å². The van der Waals surface area contributed by atoms with Crippen molar-refractivity contribution in [1.82, 2.24) is 5.32 Å². The number of esters is 1. The van der Waals surface area contributed by atoms with Gasteiger partial charge in [-0.05, 0) is 37.3 Å². The lowest BCUT2D eigenvalue weighted by Gasteiger charge is -2.34. The van der Waals surface area contributed by atoms with E-state index in [2.05, 4.69) is 19.2 Å². The number of carbonyl (C=O) groups is 3. The Hall–Kier alpha value is -1.69. The highest BCUT2D eigenvalue weighted by molar-refractivity contribution is 7.15. The second-order valence-corrected chi connectivity index (χ2v) is 7.32. The predicted octanol–water partition coefficient (Wildman–Crippen LogP) is 3.05. The van der Waals surface area contributed by atoms with Gasteiger partial charge in [0.2, 0.25) is 0 Å². The van der Waals surface area contributed by atoms with Crippen LogP contribution in [0.4, 0.5) is 0 Å². The molecule has 0 bridgehead atoms. The summed E-state index contributed by atoms with van der Waals surface area (Å²) in [5.41, 5.74) is 0. The summed E-state index contributed by atoms with van der Waals surface area (Å²) in [5, 5.41) is 2.96. The molecule has 0 aromatic carbocycles. The van der Waals surface area contributed by atoms with Crippen LogP contribution in [0.15, 0.2) is 12.1 Å². The number of ketones is 1. The molecule has 1 aromatic rings. The molecular formula is C17H23NO4S. The van der Waals surface area contributed by atoms with E-state index < -0.39 is 5.97 Å². The van der Waals surface area contributed by atoms with Gasteiger partial charge in [-0.1, -0.05) is 26.7 Å². The summed E-state index contributed by atoms with van der Waals surface area (Å²) in [4.78, 5) is 35.9. The molecule has 1 fully saturated rings. The monoisotopic (exact) mass is 337 g/mol. The molecular weight excluding hydrogens is 314 g/mol. The Morgan fingerprint density at radius 2 is 1.91 bits per heavy atom. The topological polar surface area (TPSA) is 72.5 Å². The van der Waals surface area contributed by atoms with Crippen molar-refractivity contribution in [2.45, 2.75) is 46.1 Å². The Balaban J connectivity index is 1.81. The zero-order valence-electron chi connectivity index (χ0n) is 13.8. The molecule has 2 rings (SSSR count). The molecule has 6 heteroatoms. The molecule has 1 aliphatic carbocycles. The smallest absolute Gasteiger partial charge is 0.348 e. The first-order valence-electron chi connectivity index (χ1n) is 7.95. The molecule has 0 aliphatic heterocycles. The first-order valence-corrected chi connectivity index (χ1v) is 8.77. The van der Waals surface area contributed by atoms with Gasteiger partial charge < -0.3 is 10.1 Å². The van der Waals surface area contributed by atoms with Crippen molar-refractivity contribution in [3.63, 3.8) is 0 Å². The van der Waals surface area contributed by atoms with E-state index in [1.807, 2.05) is 0 Å². The molecule has 1 N–H and O–H groups in total. The largest absolute Gasteiger partial charge is 0.451 e. The first-order chi connectivity index (χ1) is 10.9. The Labute approximate surface area is 140 Å². The summed E-state index contributed by atoms with van der Waals surface area (Å²) >= 11 is 1.08. The zero-order chi connectivity index (χ0) is 17.0. The van der Waals surface area contributed by atoms with E-state index in [9.17, 15) is 14.4 Å². The van der Waals surface area contributed by atoms with Crippen LogP contribution in [0.25, 0.3) is 0 Å². The number of hydrogen-bond donors (Lipinski definition) is 1. The Morgan fingerprint density at radius 3 is 2.57 bits per heavy atom. The highest BCUT2D eigenvalue weighted by Crippen LogP contribution is 2.29. The van der Waals surface area contributed by atoms with Crippen molar-refractivity contribution in [2.24, 2.45) is 11.8 Å². The van der Waals surface area contributed by atoms with Gasteiger partial charge in [-0.15, -0.1) is 11.3 Å². The molecule has 3 unspecified atom stereocenters. The van der Waals surface area contributed by atoms with Crippen molar-refractivity contribution in [1.29, 1.82) is 0 Å². The van der Waals surface area contributed by atoms with Crippen LogP contribution in [0, 0.1) is 11.8 Å². The second kappa shape index (κ2) is 7.73. The highest BCUT2D eigenvalue weighted by atomic mass is 32.1. The van der Waals surface area contributed by atoms with Crippen molar-refractivity contribution >= 4 is 29.0 Å². The molecule has 0 spiro atoms. The van der Waals surface area contributed by atoms with Crippen LogP contribution in [0.2, 0.25) is 0 Å². The van der Waals surface area contributed by atoms with Gasteiger partial charge >= 0.3 is 5.97 Å². The van der Waals surface area contributed by atoms with E-state index in [0.29, 0.717) is 21.6 Å². The number of thiophene rings is 1. The number of carbonyl (C=O) groups excluding carboxylic acids is 3. The molecule has 1 aliphatic rings. The van der Waals surface area contributed by atoms with Gasteiger partial charge in [0.25, 0.3) is 5.91 Å². The fourth-order valence-corrected chi connectivity index (χ4v) is 3.67. The van der Waals surface area contributed by atoms with Gasteiger partial charge in [0.05, 0.1) is 4.88 Å². The number of Topliss-reactive ketones (excluding diaryl/α,β-unsaturated/α-hetero) is 1. The Morgan fingerprint density at radius 1 is 1.22 bits per heavy atom. The minimum atomic E-state index is -0.567. The lowest BCUT2D eigenvalue weighted by atomic mass is 9.78. The minimum Gasteiger partial charge on any atom is -0.451 e. The van der Waals surface area contributed by atoms with Crippen LogP contribution in [-0.2, 0) is 9.53 Å². The molecule has 0 radical (unpaired) electrons. The lowest BCUT2D eigenvalue weighted by Crippen LogP contribution is -2.45. The van der Waals surface area contributed by atoms with Crippen molar-refractivity contribution in [2.75, 3.05) is 6.61 Å². The number of rotatable bonds is 5. The van der Waals surface area contributed by atoms with Crippen molar-refractivity contribution in [3.8, 4) is 0 Å².